The number of benzene rings is 1. The first-order valence-electron chi connectivity index (χ1n) is 10.7. The number of rotatable bonds is 5. The molecule has 2 aromatic heterocycles. The highest BCUT2D eigenvalue weighted by Crippen LogP contribution is 2.17. The van der Waals surface area contributed by atoms with Crippen LogP contribution in [-0.2, 0) is 24.1 Å². The van der Waals surface area contributed by atoms with E-state index in [9.17, 15) is 9.59 Å². The molecule has 6 nitrogen and oxygen atoms in total. The van der Waals surface area contributed by atoms with Crippen LogP contribution < -0.4 is 5.56 Å². The number of carbonyl (C=O) groups is 1. The Labute approximate surface area is 175 Å². The smallest absolute Gasteiger partial charge is 0.338 e. The average molecular weight is 405 g/mol. The predicted molar refractivity (Wildman–Crippen MR) is 116 cm³/mol. The maximum atomic E-state index is 12.9. The number of nitrogens with zero attached hydrogens (tertiary/aromatic N) is 3. The molecule has 4 rings (SSSR count). The summed E-state index contributed by atoms with van der Waals surface area (Å²) in [5.41, 5.74) is 2.97. The Morgan fingerprint density at radius 2 is 1.97 bits per heavy atom. The first-order valence-corrected chi connectivity index (χ1v) is 10.7. The van der Waals surface area contributed by atoms with Gasteiger partial charge in [0, 0.05) is 24.4 Å². The van der Waals surface area contributed by atoms with Crippen molar-refractivity contribution in [2.75, 3.05) is 6.61 Å². The third-order valence-electron chi connectivity index (χ3n) is 5.56. The highest BCUT2D eigenvalue weighted by molar-refractivity contribution is 5.94. The summed E-state index contributed by atoms with van der Waals surface area (Å²) in [6, 6.07) is 11.0. The second kappa shape index (κ2) is 9.20. The molecule has 0 radical (unpaired) electrons. The number of carbonyl (C=O) groups excluding carboxylic acids is 1. The molecule has 0 unspecified atom stereocenters. The fourth-order valence-corrected chi connectivity index (χ4v) is 3.96. The van der Waals surface area contributed by atoms with Crippen LogP contribution in [0.3, 0.4) is 0 Å². The van der Waals surface area contributed by atoms with Crippen molar-refractivity contribution in [3.8, 4) is 0 Å². The zero-order valence-corrected chi connectivity index (χ0v) is 17.4. The van der Waals surface area contributed by atoms with E-state index in [1.54, 1.807) is 22.8 Å². The van der Waals surface area contributed by atoms with Crippen LogP contribution in [0.2, 0.25) is 0 Å². The molecular formula is C24H27N3O3. The standard InChI is InChI=1S/C24H27N3O3/c1-17-8-6-9-19(25-17)10-7-15-30-24(29)18-12-13-20-21(16-18)26-22-11-4-2-3-5-14-27(22)23(20)28/h6,8-9,12-13,16H,2-5,7,10-11,14-15H2,1H3. The lowest BCUT2D eigenvalue weighted by molar-refractivity contribution is 0.0500. The molecule has 1 aliphatic rings. The van der Waals surface area contributed by atoms with Crippen molar-refractivity contribution >= 4 is 16.9 Å². The summed E-state index contributed by atoms with van der Waals surface area (Å²) in [7, 11) is 0. The Morgan fingerprint density at radius 3 is 2.83 bits per heavy atom. The maximum absolute atomic E-state index is 12.9. The zero-order valence-electron chi connectivity index (χ0n) is 17.4. The van der Waals surface area contributed by atoms with Gasteiger partial charge in [-0.1, -0.05) is 18.9 Å². The van der Waals surface area contributed by atoms with Crippen LogP contribution in [0.1, 0.15) is 59.7 Å². The summed E-state index contributed by atoms with van der Waals surface area (Å²) in [6.45, 7) is 3.01. The normalized spacial score (nSPS) is 14.0. The molecule has 1 aromatic carbocycles. The molecular weight excluding hydrogens is 378 g/mol. The van der Waals surface area contributed by atoms with Gasteiger partial charge in [-0.25, -0.2) is 9.78 Å². The number of aryl methyl sites for hydroxylation is 3. The van der Waals surface area contributed by atoms with E-state index in [0.29, 0.717) is 29.5 Å². The number of hydrogen-bond acceptors (Lipinski definition) is 5. The molecule has 0 saturated carbocycles. The third kappa shape index (κ3) is 4.58. The van der Waals surface area contributed by atoms with Crippen LogP contribution in [0.15, 0.2) is 41.2 Å². The summed E-state index contributed by atoms with van der Waals surface area (Å²) in [5.74, 6) is 0.436. The summed E-state index contributed by atoms with van der Waals surface area (Å²) < 4.78 is 7.23. The highest BCUT2D eigenvalue weighted by atomic mass is 16.5. The van der Waals surface area contributed by atoms with E-state index in [1.165, 1.54) is 6.42 Å². The van der Waals surface area contributed by atoms with Gasteiger partial charge in [-0.05, 0) is 62.9 Å². The van der Waals surface area contributed by atoms with Crippen molar-refractivity contribution < 1.29 is 9.53 Å². The molecule has 0 N–H and O–H groups in total. The third-order valence-corrected chi connectivity index (χ3v) is 5.56. The largest absolute Gasteiger partial charge is 0.462 e. The fraction of sp³-hybridized carbons (Fsp3) is 0.417. The lowest BCUT2D eigenvalue weighted by atomic mass is 10.1. The van der Waals surface area contributed by atoms with Gasteiger partial charge in [-0.2, -0.15) is 0 Å². The minimum absolute atomic E-state index is 0.0116. The van der Waals surface area contributed by atoms with Crippen LogP contribution in [-0.4, -0.2) is 27.1 Å². The van der Waals surface area contributed by atoms with Crippen molar-refractivity contribution in [1.82, 2.24) is 14.5 Å². The number of fused-ring (bicyclic) bond motifs is 2. The van der Waals surface area contributed by atoms with Crippen LogP contribution in [0.4, 0.5) is 0 Å². The van der Waals surface area contributed by atoms with E-state index in [4.69, 9.17) is 9.72 Å². The van der Waals surface area contributed by atoms with Crippen molar-refractivity contribution in [3.63, 3.8) is 0 Å². The van der Waals surface area contributed by atoms with Crippen molar-refractivity contribution in [2.24, 2.45) is 0 Å². The molecule has 0 bridgehead atoms. The molecule has 0 saturated heterocycles. The van der Waals surface area contributed by atoms with Gasteiger partial charge in [0.25, 0.3) is 5.56 Å². The van der Waals surface area contributed by atoms with Crippen molar-refractivity contribution in [3.05, 3.63) is 69.5 Å². The van der Waals surface area contributed by atoms with Gasteiger partial charge < -0.3 is 4.74 Å². The van der Waals surface area contributed by atoms with E-state index in [2.05, 4.69) is 4.98 Å². The van der Waals surface area contributed by atoms with E-state index in [1.807, 2.05) is 25.1 Å². The molecule has 3 heterocycles. The number of esters is 1. The number of aromatic nitrogens is 3. The predicted octanol–water partition coefficient (Wildman–Crippen LogP) is 4.01. The van der Waals surface area contributed by atoms with E-state index in [0.717, 1.165) is 55.9 Å². The van der Waals surface area contributed by atoms with E-state index >= 15 is 0 Å². The second-order valence-corrected chi connectivity index (χ2v) is 7.89. The van der Waals surface area contributed by atoms with Crippen LogP contribution in [0.5, 0.6) is 0 Å². The van der Waals surface area contributed by atoms with Gasteiger partial charge in [0.1, 0.15) is 5.82 Å². The van der Waals surface area contributed by atoms with Crippen molar-refractivity contribution in [2.45, 2.75) is 58.4 Å². The number of ether oxygens (including phenoxy) is 1. The van der Waals surface area contributed by atoms with Gasteiger partial charge in [0.05, 0.1) is 23.1 Å². The quantitative estimate of drug-likeness (QED) is 0.474. The lowest BCUT2D eigenvalue weighted by Gasteiger charge is -2.16. The number of hydrogen-bond donors (Lipinski definition) is 0. The lowest BCUT2D eigenvalue weighted by Crippen LogP contribution is -2.26. The molecule has 156 valence electrons. The second-order valence-electron chi connectivity index (χ2n) is 7.89. The first-order chi connectivity index (χ1) is 14.6. The van der Waals surface area contributed by atoms with Crippen LogP contribution in [0.25, 0.3) is 10.9 Å². The molecule has 0 amide bonds. The summed E-state index contributed by atoms with van der Waals surface area (Å²) >= 11 is 0. The fourth-order valence-electron chi connectivity index (χ4n) is 3.96. The zero-order chi connectivity index (χ0) is 20.9. The Kier molecular flexibility index (Phi) is 6.21. The monoisotopic (exact) mass is 405 g/mol. The van der Waals surface area contributed by atoms with Gasteiger partial charge in [-0.15, -0.1) is 0 Å². The van der Waals surface area contributed by atoms with Crippen LogP contribution >= 0.6 is 0 Å². The summed E-state index contributed by atoms with van der Waals surface area (Å²) in [5, 5.41) is 0.557. The average Bonchev–Trinajstić information content (AvgIpc) is 2.72. The minimum atomic E-state index is -0.386. The Morgan fingerprint density at radius 1 is 1.10 bits per heavy atom. The number of pyridine rings is 1. The Bertz CT molecular complexity index is 1120. The summed E-state index contributed by atoms with van der Waals surface area (Å²) in [4.78, 5) is 34.5. The van der Waals surface area contributed by atoms with Gasteiger partial charge in [-0.3, -0.25) is 14.3 Å². The topological polar surface area (TPSA) is 74.1 Å². The first kappa shape index (κ1) is 20.3. The SMILES string of the molecule is Cc1cccc(CCCOC(=O)c2ccc3c(=O)n4c(nc3c2)CCCCCC4)n1. The molecule has 0 aliphatic carbocycles. The van der Waals surface area contributed by atoms with Crippen molar-refractivity contribution in [1.29, 1.82) is 0 Å². The van der Waals surface area contributed by atoms with E-state index in [-0.39, 0.29) is 11.5 Å². The Balaban J connectivity index is 1.45. The molecule has 30 heavy (non-hydrogen) atoms. The minimum Gasteiger partial charge on any atom is -0.462 e. The van der Waals surface area contributed by atoms with Gasteiger partial charge in [0.2, 0.25) is 0 Å². The Hall–Kier alpha value is -3.02. The molecule has 0 spiro atoms. The summed E-state index contributed by atoms with van der Waals surface area (Å²) in [6.07, 6.45) is 6.62. The molecule has 0 fully saturated rings. The van der Waals surface area contributed by atoms with Gasteiger partial charge in [0.15, 0.2) is 0 Å². The van der Waals surface area contributed by atoms with E-state index < -0.39 is 0 Å². The van der Waals surface area contributed by atoms with Crippen LogP contribution in [0, 0.1) is 6.92 Å². The molecule has 0 atom stereocenters. The highest BCUT2D eigenvalue weighted by Gasteiger charge is 2.15. The maximum Gasteiger partial charge on any atom is 0.338 e. The molecule has 6 heteroatoms. The molecule has 1 aliphatic heterocycles. The van der Waals surface area contributed by atoms with Gasteiger partial charge >= 0.3 is 5.97 Å². The molecule has 3 aromatic rings.